The molecule has 2 heteroatoms. The van der Waals surface area contributed by atoms with Gasteiger partial charge in [0.25, 0.3) is 0 Å². The van der Waals surface area contributed by atoms with Crippen LogP contribution in [-0.4, -0.2) is 11.6 Å². The van der Waals surface area contributed by atoms with Crippen LogP contribution < -0.4 is 0 Å². The molecule has 0 bridgehead atoms. The minimum atomic E-state index is -0.607. The number of ether oxygens (including phenoxy) is 1. The summed E-state index contributed by atoms with van der Waals surface area (Å²) in [6, 6.07) is 0. The van der Waals surface area contributed by atoms with Crippen molar-refractivity contribution < 1.29 is 9.53 Å². The first-order valence-electron chi connectivity index (χ1n) is 5.11. The third-order valence-corrected chi connectivity index (χ3v) is 2.57. The second-order valence-corrected chi connectivity index (χ2v) is 4.99. The van der Waals surface area contributed by atoms with E-state index < -0.39 is 11.0 Å². The van der Waals surface area contributed by atoms with Crippen molar-refractivity contribution in [3.8, 4) is 12.3 Å². The topological polar surface area (TPSA) is 26.3 Å². The van der Waals surface area contributed by atoms with Crippen LogP contribution in [0.25, 0.3) is 0 Å². The number of carbonyl (C=O) groups excluding carboxylic acids is 1. The molecule has 0 unspecified atom stereocenters. The second-order valence-electron chi connectivity index (χ2n) is 4.99. The predicted molar refractivity (Wildman–Crippen MR) is 55.6 cm³/mol. The molecule has 14 heavy (non-hydrogen) atoms. The lowest BCUT2D eigenvalue weighted by Gasteiger charge is -2.27. The van der Waals surface area contributed by atoms with Gasteiger partial charge in [0.05, 0.1) is 5.41 Å². The van der Waals surface area contributed by atoms with Gasteiger partial charge in [-0.1, -0.05) is 5.92 Å². The molecule has 0 saturated heterocycles. The lowest BCUT2D eigenvalue weighted by molar-refractivity contribution is -0.163. The highest BCUT2D eigenvalue weighted by Gasteiger charge is 2.38. The van der Waals surface area contributed by atoms with Crippen LogP contribution in [0.2, 0.25) is 0 Å². The smallest absolute Gasteiger partial charge is 0.312 e. The van der Waals surface area contributed by atoms with Crippen molar-refractivity contribution in [1.82, 2.24) is 0 Å². The van der Waals surface area contributed by atoms with Gasteiger partial charge in [-0.3, -0.25) is 4.79 Å². The van der Waals surface area contributed by atoms with E-state index in [1.54, 1.807) is 0 Å². The Kier molecular flexibility index (Phi) is 2.89. The zero-order valence-corrected chi connectivity index (χ0v) is 9.22. The van der Waals surface area contributed by atoms with Crippen LogP contribution in [0.5, 0.6) is 0 Å². The molecule has 0 N–H and O–H groups in total. The van der Waals surface area contributed by atoms with Crippen molar-refractivity contribution in [3.05, 3.63) is 0 Å². The fourth-order valence-electron chi connectivity index (χ4n) is 1.55. The van der Waals surface area contributed by atoms with Gasteiger partial charge in [0.1, 0.15) is 0 Å². The zero-order chi connectivity index (χ0) is 10.8. The van der Waals surface area contributed by atoms with E-state index in [0.717, 1.165) is 25.7 Å². The summed E-state index contributed by atoms with van der Waals surface area (Å²) >= 11 is 0. The average Bonchev–Trinajstić information content (AvgIpc) is 2.52. The van der Waals surface area contributed by atoms with E-state index in [1.165, 1.54) is 0 Å². The molecule has 2 nitrogen and oxygen atoms in total. The van der Waals surface area contributed by atoms with Crippen LogP contribution in [0.1, 0.15) is 46.5 Å². The molecular formula is C12H18O2. The highest BCUT2D eigenvalue weighted by atomic mass is 16.6. The van der Waals surface area contributed by atoms with Crippen molar-refractivity contribution in [2.24, 2.45) is 5.41 Å². The van der Waals surface area contributed by atoms with Gasteiger partial charge in [0.2, 0.25) is 0 Å². The Morgan fingerprint density at radius 1 is 1.36 bits per heavy atom. The number of esters is 1. The Hall–Kier alpha value is -0.970. The molecule has 1 aliphatic carbocycles. The van der Waals surface area contributed by atoms with Crippen molar-refractivity contribution >= 4 is 5.97 Å². The monoisotopic (exact) mass is 194 g/mol. The summed E-state index contributed by atoms with van der Waals surface area (Å²) in [6.45, 7) is 5.53. The molecule has 0 heterocycles. The maximum atomic E-state index is 11.7. The van der Waals surface area contributed by atoms with Gasteiger partial charge in [0.15, 0.2) is 5.60 Å². The Labute approximate surface area is 86.0 Å². The fraction of sp³-hybridized carbons (Fsp3) is 0.750. The molecule has 1 rings (SSSR count). The minimum absolute atomic E-state index is 0.197. The minimum Gasteiger partial charge on any atom is -0.445 e. The standard InChI is InChI=1S/C12H18O2/c1-5-12(8-6-7-9-12)14-10(13)11(2,3)4/h1H,6-9H2,2-4H3. The van der Waals surface area contributed by atoms with Gasteiger partial charge in [-0.05, 0) is 46.5 Å². The van der Waals surface area contributed by atoms with Crippen LogP contribution >= 0.6 is 0 Å². The van der Waals surface area contributed by atoms with Crippen LogP contribution in [-0.2, 0) is 9.53 Å². The highest BCUT2D eigenvalue weighted by Crippen LogP contribution is 2.34. The normalized spacial score (nSPS) is 20.1. The quantitative estimate of drug-likeness (QED) is 0.473. The van der Waals surface area contributed by atoms with Crippen molar-refractivity contribution in [3.63, 3.8) is 0 Å². The number of carbonyl (C=O) groups is 1. The Morgan fingerprint density at radius 3 is 2.21 bits per heavy atom. The first-order valence-corrected chi connectivity index (χ1v) is 5.11. The van der Waals surface area contributed by atoms with Crippen LogP contribution in [0, 0.1) is 17.8 Å². The molecular weight excluding hydrogens is 176 g/mol. The van der Waals surface area contributed by atoms with E-state index in [9.17, 15) is 4.79 Å². The number of hydrogen-bond acceptors (Lipinski definition) is 2. The average molecular weight is 194 g/mol. The molecule has 1 saturated carbocycles. The summed E-state index contributed by atoms with van der Waals surface area (Å²) in [4.78, 5) is 11.7. The molecule has 0 aliphatic heterocycles. The van der Waals surface area contributed by atoms with Gasteiger partial charge >= 0.3 is 5.97 Å². The molecule has 78 valence electrons. The molecule has 1 aliphatic rings. The molecule has 0 aromatic heterocycles. The van der Waals surface area contributed by atoms with Crippen molar-refractivity contribution in [1.29, 1.82) is 0 Å². The van der Waals surface area contributed by atoms with Gasteiger partial charge in [-0.2, -0.15) is 0 Å². The molecule has 0 atom stereocenters. The summed E-state index contributed by atoms with van der Waals surface area (Å²) in [7, 11) is 0. The van der Waals surface area contributed by atoms with Crippen LogP contribution in [0.3, 0.4) is 0 Å². The molecule has 1 fully saturated rings. The second kappa shape index (κ2) is 3.65. The third kappa shape index (κ3) is 2.29. The van der Waals surface area contributed by atoms with Gasteiger partial charge in [-0.25, -0.2) is 0 Å². The van der Waals surface area contributed by atoms with E-state index in [2.05, 4.69) is 5.92 Å². The van der Waals surface area contributed by atoms with E-state index in [1.807, 2.05) is 20.8 Å². The lowest BCUT2D eigenvalue weighted by Crippen LogP contribution is -2.35. The molecule has 0 aromatic rings. The summed E-state index contributed by atoms with van der Waals surface area (Å²) in [5.41, 5.74) is -1.07. The van der Waals surface area contributed by atoms with E-state index in [4.69, 9.17) is 11.2 Å². The van der Waals surface area contributed by atoms with Gasteiger partial charge in [0, 0.05) is 0 Å². The van der Waals surface area contributed by atoms with E-state index in [0.29, 0.717) is 0 Å². The van der Waals surface area contributed by atoms with Crippen LogP contribution in [0.4, 0.5) is 0 Å². The van der Waals surface area contributed by atoms with Gasteiger partial charge < -0.3 is 4.74 Å². The van der Waals surface area contributed by atoms with Crippen molar-refractivity contribution in [2.75, 3.05) is 0 Å². The SMILES string of the molecule is C#CC1(OC(=O)C(C)(C)C)CCCC1. The van der Waals surface area contributed by atoms with Gasteiger partial charge in [-0.15, -0.1) is 6.42 Å². The Morgan fingerprint density at radius 2 is 1.86 bits per heavy atom. The maximum Gasteiger partial charge on any atom is 0.312 e. The maximum absolute atomic E-state index is 11.7. The summed E-state index contributed by atoms with van der Waals surface area (Å²) in [6.07, 6.45) is 9.17. The summed E-state index contributed by atoms with van der Waals surface area (Å²) < 4.78 is 5.44. The molecule has 0 amide bonds. The predicted octanol–water partition coefficient (Wildman–Crippen LogP) is 2.52. The number of hydrogen-bond donors (Lipinski definition) is 0. The first kappa shape index (κ1) is 11.1. The number of terminal acetylenes is 1. The largest absolute Gasteiger partial charge is 0.445 e. The van der Waals surface area contributed by atoms with E-state index >= 15 is 0 Å². The molecule has 0 aromatic carbocycles. The molecule has 0 spiro atoms. The summed E-state index contributed by atoms with van der Waals surface area (Å²) in [5, 5.41) is 0. The summed E-state index contributed by atoms with van der Waals surface area (Å²) in [5.74, 6) is 2.44. The number of rotatable bonds is 1. The zero-order valence-electron chi connectivity index (χ0n) is 9.22. The third-order valence-electron chi connectivity index (χ3n) is 2.57. The Balaban J connectivity index is 2.67. The lowest BCUT2D eigenvalue weighted by atomic mass is 9.96. The Bertz CT molecular complexity index is 259. The van der Waals surface area contributed by atoms with Crippen LogP contribution in [0.15, 0.2) is 0 Å². The fourth-order valence-corrected chi connectivity index (χ4v) is 1.55. The first-order chi connectivity index (χ1) is 6.40. The van der Waals surface area contributed by atoms with E-state index in [-0.39, 0.29) is 5.97 Å². The van der Waals surface area contributed by atoms with Crippen molar-refractivity contribution in [2.45, 2.75) is 52.1 Å². The highest BCUT2D eigenvalue weighted by molar-refractivity contribution is 5.76. The molecule has 0 radical (unpaired) electrons.